The molecule has 1 amide bonds. The molecule has 0 aliphatic carbocycles. The summed E-state index contributed by atoms with van der Waals surface area (Å²) in [7, 11) is 0. The van der Waals surface area contributed by atoms with Gasteiger partial charge in [0.25, 0.3) is 5.91 Å². The van der Waals surface area contributed by atoms with Crippen LogP contribution < -0.4 is 5.32 Å². The molecular formula is C22H16N4O. The molecule has 5 nitrogen and oxygen atoms in total. The number of hydrogen-bond donors (Lipinski definition) is 1. The van der Waals surface area contributed by atoms with Crippen LogP contribution in [0, 0.1) is 18.3 Å². The molecule has 130 valence electrons. The van der Waals surface area contributed by atoms with Crippen molar-refractivity contribution in [3.05, 3.63) is 89.7 Å². The normalized spacial score (nSPS) is 10.5. The van der Waals surface area contributed by atoms with Gasteiger partial charge in [-0.15, -0.1) is 0 Å². The highest BCUT2D eigenvalue weighted by Crippen LogP contribution is 2.23. The first kappa shape index (κ1) is 16.6. The summed E-state index contributed by atoms with van der Waals surface area (Å²) >= 11 is 0. The fraction of sp³-hybridized carbons (Fsp3) is 0.0455. The fourth-order valence-corrected chi connectivity index (χ4v) is 2.91. The maximum absolute atomic E-state index is 12.5. The number of fused-ring (bicyclic) bond motifs is 1. The van der Waals surface area contributed by atoms with Gasteiger partial charge in [0, 0.05) is 29.2 Å². The number of aromatic nitrogens is 2. The number of benzene rings is 2. The number of aryl methyl sites for hydroxylation is 1. The van der Waals surface area contributed by atoms with Crippen LogP contribution in [-0.4, -0.2) is 15.3 Å². The van der Waals surface area contributed by atoms with E-state index in [1.54, 1.807) is 24.3 Å². The van der Waals surface area contributed by atoms with Gasteiger partial charge < -0.3 is 9.72 Å². The molecule has 0 spiro atoms. The van der Waals surface area contributed by atoms with E-state index in [4.69, 9.17) is 5.26 Å². The number of nitrogens with zero attached hydrogens (tertiary/aromatic N) is 3. The molecule has 0 bridgehead atoms. The van der Waals surface area contributed by atoms with Crippen LogP contribution in [0.1, 0.15) is 21.5 Å². The minimum absolute atomic E-state index is 0.255. The number of imidazole rings is 1. The van der Waals surface area contributed by atoms with Gasteiger partial charge in [-0.1, -0.05) is 18.2 Å². The largest absolute Gasteiger partial charge is 0.322 e. The van der Waals surface area contributed by atoms with E-state index in [1.807, 2.05) is 66.2 Å². The lowest BCUT2D eigenvalue weighted by Gasteiger charge is -2.07. The van der Waals surface area contributed by atoms with Gasteiger partial charge in [-0.25, -0.2) is 4.98 Å². The summed E-state index contributed by atoms with van der Waals surface area (Å²) in [5.74, 6) is -0.255. The molecule has 0 aliphatic heterocycles. The summed E-state index contributed by atoms with van der Waals surface area (Å²) < 4.78 is 1.97. The fourth-order valence-electron chi connectivity index (χ4n) is 2.91. The zero-order chi connectivity index (χ0) is 18.8. The quantitative estimate of drug-likeness (QED) is 0.593. The highest BCUT2D eigenvalue weighted by molar-refractivity contribution is 6.04. The third-order valence-corrected chi connectivity index (χ3v) is 4.29. The van der Waals surface area contributed by atoms with Gasteiger partial charge in [0.05, 0.1) is 17.3 Å². The van der Waals surface area contributed by atoms with Gasteiger partial charge in [0.1, 0.15) is 5.65 Å². The summed E-state index contributed by atoms with van der Waals surface area (Å²) in [5, 5.41) is 11.9. The number of pyridine rings is 1. The molecule has 0 saturated carbocycles. The third kappa shape index (κ3) is 3.42. The van der Waals surface area contributed by atoms with Crippen LogP contribution in [0.5, 0.6) is 0 Å². The Morgan fingerprint density at radius 1 is 1.11 bits per heavy atom. The molecule has 0 unspecified atom stereocenters. The second-order valence-electron chi connectivity index (χ2n) is 6.32. The molecule has 2 aromatic carbocycles. The molecule has 2 heterocycles. The maximum atomic E-state index is 12.5. The number of nitrogens with one attached hydrogen (secondary N) is 1. The number of carbonyl (C=O) groups excluding carboxylic acids is 1. The molecule has 0 saturated heterocycles. The number of hydrogen-bond acceptors (Lipinski definition) is 3. The highest BCUT2D eigenvalue weighted by Gasteiger charge is 2.09. The van der Waals surface area contributed by atoms with Crippen molar-refractivity contribution in [3.63, 3.8) is 0 Å². The number of carbonyl (C=O) groups is 1. The summed E-state index contributed by atoms with van der Waals surface area (Å²) in [6.07, 6.45) is 3.95. The van der Waals surface area contributed by atoms with Gasteiger partial charge in [0.15, 0.2) is 0 Å². The van der Waals surface area contributed by atoms with E-state index in [1.165, 1.54) is 0 Å². The summed E-state index contributed by atoms with van der Waals surface area (Å²) in [4.78, 5) is 17.1. The zero-order valence-corrected chi connectivity index (χ0v) is 14.7. The Labute approximate surface area is 156 Å². The molecule has 0 fully saturated rings. The second-order valence-corrected chi connectivity index (χ2v) is 6.32. The van der Waals surface area contributed by atoms with Crippen molar-refractivity contribution < 1.29 is 4.79 Å². The third-order valence-electron chi connectivity index (χ3n) is 4.29. The maximum Gasteiger partial charge on any atom is 0.255 e. The van der Waals surface area contributed by atoms with Crippen molar-refractivity contribution in [3.8, 4) is 17.3 Å². The predicted octanol–water partition coefficient (Wildman–Crippen LogP) is 4.43. The minimum atomic E-state index is -0.255. The van der Waals surface area contributed by atoms with Gasteiger partial charge in [-0.2, -0.15) is 5.26 Å². The van der Waals surface area contributed by atoms with Crippen molar-refractivity contribution in [2.24, 2.45) is 0 Å². The molecule has 27 heavy (non-hydrogen) atoms. The molecule has 5 heteroatoms. The second kappa shape index (κ2) is 6.77. The van der Waals surface area contributed by atoms with Crippen molar-refractivity contribution in [1.29, 1.82) is 5.26 Å². The average Bonchev–Trinajstić information content (AvgIpc) is 3.11. The lowest BCUT2D eigenvalue weighted by Crippen LogP contribution is -2.11. The molecule has 1 N–H and O–H groups in total. The number of rotatable bonds is 3. The van der Waals surface area contributed by atoms with E-state index in [0.29, 0.717) is 16.8 Å². The Balaban J connectivity index is 1.61. The van der Waals surface area contributed by atoms with Gasteiger partial charge in [-0.3, -0.25) is 4.79 Å². The van der Waals surface area contributed by atoms with Gasteiger partial charge >= 0.3 is 0 Å². The van der Waals surface area contributed by atoms with E-state index in [0.717, 1.165) is 22.5 Å². The lowest BCUT2D eigenvalue weighted by molar-refractivity contribution is 0.102. The van der Waals surface area contributed by atoms with E-state index >= 15 is 0 Å². The van der Waals surface area contributed by atoms with Crippen molar-refractivity contribution in [2.45, 2.75) is 6.92 Å². The van der Waals surface area contributed by atoms with E-state index in [2.05, 4.69) is 10.3 Å². The first-order chi connectivity index (χ1) is 13.1. The van der Waals surface area contributed by atoms with Gasteiger partial charge in [-0.05, 0) is 55.0 Å². The van der Waals surface area contributed by atoms with Crippen molar-refractivity contribution in [2.75, 3.05) is 5.32 Å². The van der Waals surface area contributed by atoms with Gasteiger partial charge in [0.2, 0.25) is 0 Å². The minimum Gasteiger partial charge on any atom is -0.322 e. The van der Waals surface area contributed by atoms with Crippen LogP contribution in [-0.2, 0) is 0 Å². The molecule has 0 radical (unpaired) electrons. The Kier molecular flexibility index (Phi) is 4.15. The van der Waals surface area contributed by atoms with E-state index < -0.39 is 0 Å². The summed E-state index contributed by atoms with van der Waals surface area (Å²) in [5.41, 5.74) is 5.36. The first-order valence-electron chi connectivity index (χ1n) is 8.50. The van der Waals surface area contributed by atoms with Crippen LogP contribution in [0.3, 0.4) is 0 Å². The van der Waals surface area contributed by atoms with Crippen LogP contribution in [0.4, 0.5) is 5.69 Å². The van der Waals surface area contributed by atoms with E-state index in [9.17, 15) is 4.79 Å². The smallest absolute Gasteiger partial charge is 0.255 e. The number of nitriles is 1. The molecular weight excluding hydrogens is 336 g/mol. The topological polar surface area (TPSA) is 70.2 Å². The highest BCUT2D eigenvalue weighted by atomic mass is 16.1. The Morgan fingerprint density at radius 3 is 2.81 bits per heavy atom. The summed E-state index contributed by atoms with van der Waals surface area (Å²) in [6.45, 7) is 2.03. The molecule has 0 aliphatic rings. The zero-order valence-electron chi connectivity index (χ0n) is 14.7. The van der Waals surface area contributed by atoms with Crippen molar-refractivity contribution in [1.82, 2.24) is 9.38 Å². The summed E-state index contributed by atoms with van der Waals surface area (Å²) in [6, 6.07) is 20.3. The molecule has 0 atom stereocenters. The Morgan fingerprint density at radius 2 is 1.96 bits per heavy atom. The first-order valence-corrected chi connectivity index (χ1v) is 8.50. The Bertz CT molecular complexity index is 1200. The van der Waals surface area contributed by atoms with Crippen molar-refractivity contribution >= 4 is 17.2 Å². The average molecular weight is 352 g/mol. The standard InChI is InChI=1S/C22H16N4O/c1-15-8-9-26-14-20(25-21(26)10-15)17-5-3-7-19(12-17)24-22(27)18-6-2-4-16(11-18)13-23/h2-12,14H,1H3,(H,24,27). The number of anilines is 1. The Hall–Kier alpha value is -3.91. The molecule has 4 rings (SSSR count). The van der Waals surface area contributed by atoms with Crippen LogP contribution in [0.15, 0.2) is 73.1 Å². The van der Waals surface area contributed by atoms with Crippen LogP contribution >= 0.6 is 0 Å². The molecule has 2 aromatic heterocycles. The number of amides is 1. The van der Waals surface area contributed by atoms with E-state index in [-0.39, 0.29) is 5.91 Å². The monoisotopic (exact) mass is 352 g/mol. The molecule has 4 aromatic rings. The predicted molar refractivity (Wildman–Crippen MR) is 104 cm³/mol. The lowest BCUT2D eigenvalue weighted by atomic mass is 10.1. The SMILES string of the molecule is Cc1ccn2cc(-c3cccc(NC(=O)c4cccc(C#N)c4)c3)nc2c1. The van der Waals surface area contributed by atoms with Crippen LogP contribution in [0.25, 0.3) is 16.9 Å². The van der Waals surface area contributed by atoms with Crippen LogP contribution in [0.2, 0.25) is 0 Å².